The number of aromatic nitrogens is 1. The number of nitrogens with two attached hydrogens (primary N) is 1. The third-order valence-corrected chi connectivity index (χ3v) is 3.03. The largest absolute Gasteiger partial charge is 0.308 e. The van der Waals surface area contributed by atoms with Crippen molar-refractivity contribution in [1.82, 2.24) is 9.88 Å². The maximum Gasteiger partial charge on any atom is 0.140 e. The van der Waals surface area contributed by atoms with E-state index in [4.69, 9.17) is 5.84 Å². The van der Waals surface area contributed by atoms with Gasteiger partial charge in [0.2, 0.25) is 0 Å². The molecule has 1 heterocycles. The second-order valence-electron chi connectivity index (χ2n) is 4.56. The fraction of sp³-hybridized carbons (Fsp3) is 0.583. The van der Waals surface area contributed by atoms with Crippen molar-refractivity contribution in [3.63, 3.8) is 0 Å². The van der Waals surface area contributed by atoms with Gasteiger partial charge in [-0.05, 0) is 32.0 Å². The number of hydrogen-bond donors (Lipinski definition) is 2. The highest BCUT2D eigenvalue weighted by Crippen LogP contribution is 2.12. The van der Waals surface area contributed by atoms with Gasteiger partial charge in [-0.2, -0.15) is 0 Å². The number of hydrogen-bond acceptors (Lipinski definition) is 4. The number of pyridine rings is 1. The van der Waals surface area contributed by atoms with E-state index in [0.717, 1.165) is 12.2 Å². The van der Waals surface area contributed by atoms with Gasteiger partial charge < -0.3 is 5.43 Å². The molecule has 0 saturated heterocycles. The van der Waals surface area contributed by atoms with E-state index in [9.17, 15) is 0 Å². The molecule has 0 bridgehead atoms. The minimum Gasteiger partial charge on any atom is -0.308 e. The van der Waals surface area contributed by atoms with Crippen molar-refractivity contribution in [2.75, 3.05) is 12.5 Å². The molecule has 1 aromatic rings. The Hall–Kier alpha value is -1.13. The van der Waals surface area contributed by atoms with Gasteiger partial charge in [0.1, 0.15) is 5.82 Å². The zero-order valence-electron chi connectivity index (χ0n) is 10.6. The van der Waals surface area contributed by atoms with Gasteiger partial charge in [0, 0.05) is 12.6 Å². The lowest BCUT2D eigenvalue weighted by Crippen LogP contribution is -2.33. The van der Waals surface area contributed by atoms with Crippen molar-refractivity contribution in [3.05, 3.63) is 23.9 Å². The third-order valence-electron chi connectivity index (χ3n) is 3.03. The van der Waals surface area contributed by atoms with Gasteiger partial charge in [0.25, 0.3) is 0 Å². The highest BCUT2D eigenvalue weighted by molar-refractivity contribution is 5.33. The average molecular weight is 222 g/mol. The van der Waals surface area contributed by atoms with Gasteiger partial charge in [-0.3, -0.25) is 4.90 Å². The molecular weight excluding hydrogens is 200 g/mol. The molecule has 4 nitrogen and oxygen atoms in total. The van der Waals surface area contributed by atoms with Crippen LogP contribution in [0.25, 0.3) is 0 Å². The fourth-order valence-corrected chi connectivity index (χ4v) is 1.56. The molecule has 0 spiro atoms. The van der Waals surface area contributed by atoms with E-state index in [1.54, 1.807) is 0 Å². The molecule has 4 heteroatoms. The molecule has 1 rings (SSSR count). The summed E-state index contributed by atoms with van der Waals surface area (Å²) in [6.45, 7) is 7.53. The smallest absolute Gasteiger partial charge is 0.140 e. The van der Waals surface area contributed by atoms with Crippen LogP contribution < -0.4 is 11.3 Å². The van der Waals surface area contributed by atoms with Gasteiger partial charge in [0.15, 0.2) is 0 Å². The van der Waals surface area contributed by atoms with Crippen molar-refractivity contribution >= 4 is 5.82 Å². The zero-order valence-corrected chi connectivity index (χ0v) is 10.6. The topological polar surface area (TPSA) is 54.2 Å². The van der Waals surface area contributed by atoms with Crippen molar-refractivity contribution in [3.8, 4) is 0 Å². The molecule has 0 aliphatic rings. The van der Waals surface area contributed by atoms with Crippen molar-refractivity contribution < 1.29 is 0 Å². The minimum absolute atomic E-state index is 0.538. The summed E-state index contributed by atoms with van der Waals surface area (Å²) < 4.78 is 0. The predicted molar refractivity (Wildman–Crippen MR) is 67.8 cm³/mol. The quantitative estimate of drug-likeness (QED) is 0.589. The summed E-state index contributed by atoms with van der Waals surface area (Å²) in [5, 5.41) is 0. The number of anilines is 1. The van der Waals surface area contributed by atoms with E-state index >= 15 is 0 Å². The number of nitrogens with one attached hydrogen (secondary N) is 1. The van der Waals surface area contributed by atoms with Crippen LogP contribution in [0.15, 0.2) is 18.2 Å². The van der Waals surface area contributed by atoms with E-state index in [2.05, 4.69) is 43.1 Å². The van der Waals surface area contributed by atoms with Crippen LogP contribution in [0.2, 0.25) is 0 Å². The molecule has 0 radical (unpaired) electrons. The Morgan fingerprint density at radius 3 is 2.62 bits per heavy atom. The van der Waals surface area contributed by atoms with Crippen molar-refractivity contribution in [1.29, 1.82) is 0 Å². The van der Waals surface area contributed by atoms with Crippen LogP contribution >= 0.6 is 0 Å². The molecule has 0 aromatic carbocycles. The second kappa shape index (κ2) is 5.82. The molecule has 3 N–H and O–H groups in total. The zero-order chi connectivity index (χ0) is 12.1. The highest BCUT2D eigenvalue weighted by Gasteiger charge is 2.13. The normalized spacial score (nSPS) is 13.2. The Balaban J connectivity index is 2.65. The molecule has 1 aromatic heterocycles. The molecule has 0 aliphatic carbocycles. The first-order valence-corrected chi connectivity index (χ1v) is 5.67. The summed E-state index contributed by atoms with van der Waals surface area (Å²) >= 11 is 0. The molecule has 16 heavy (non-hydrogen) atoms. The summed E-state index contributed by atoms with van der Waals surface area (Å²) in [5.41, 5.74) is 3.60. The summed E-state index contributed by atoms with van der Waals surface area (Å²) in [5.74, 6) is 6.68. The molecular formula is C12H22N4. The minimum atomic E-state index is 0.538. The Labute approximate surface area is 97.8 Å². The van der Waals surface area contributed by atoms with Crippen LogP contribution in [0, 0.1) is 5.92 Å². The van der Waals surface area contributed by atoms with E-state index in [1.807, 2.05) is 18.2 Å². The van der Waals surface area contributed by atoms with Crippen LogP contribution in [0.5, 0.6) is 0 Å². The maximum absolute atomic E-state index is 5.33. The van der Waals surface area contributed by atoms with Gasteiger partial charge in [0.05, 0.1) is 5.69 Å². The molecule has 0 aliphatic heterocycles. The number of nitrogen functional groups attached to an aromatic ring is 1. The average Bonchev–Trinajstić information content (AvgIpc) is 2.28. The number of hydrazine groups is 1. The highest BCUT2D eigenvalue weighted by atomic mass is 15.3. The summed E-state index contributed by atoms with van der Waals surface area (Å²) in [4.78, 5) is 6.69. The lowest BCUT2D eigenvalue weighted by molar-refractivity contribution is 0.198. The SMILES string of the molecule is CC(C)C(C)N(C)Cc1cccc(NN)n1. The third kappa shape index (κ3) is 3.47. The van der Waals surface area contributed by atoms with Crippen molar-refractivity contribution in [2.24, 2.45) is 11.8 Å². The van der Waals surface area contributed by atoms with Crippen LogP contribution in [0.4, 0.5) is 5.82 Å². The summed E-state index contributed by atoms with van der Waals surface area (Å²) in [7, 11) is 2.12. The molecule has 0 amide bonds. The van der Waals surface area contributed by atoms with E-state index < -0.39 is 0 Å². The van der Waals surface area contributed by atoms with Gasteiger partial charge >= 0.3 is 0 Å². The summed E-state index contributed by atoms with van der Waals surface area (Å²) in [6.07, 6.45) is 0. The van der Waals surface area contributed by atoms with Crippen LogP contribution in [0.3, 0.4) is 0 Å². The van der Waals surface area contributed by atoms with Crippen LogP contribution in [0.1, 0.15) is 26.5 Å². The van der Waals surface area contributed by atoms with E-state index in [0.29, 0.717) is 17.8 Å². The molecule has 0 fully saturated rings. The Morgan fingerprint density at radius 1 is 1.38 bits per heavy atom. The molecule has 1 unspecified atom stereocenters. The lowest BCUT2D eigenvalue weighted by Gasteiger charge is -2.27. The van der Waals surface area contributed by atoms with Crippen LogP contribution in [-0.4, -0.2) is 23.0 Å². The Bertz CT molecular complexity index is 325. The van der Waals surface area contributed by atoms with Crippen molar-refractivity contribution in [2.45, 2.75) is 33.4 Å². The van der Waals surface area contributed by atoms with Crippen LogP contribution in [-0.2, 0) is 6.54 Å². The van der Waals surface area contributed by atoms with Gasteiger partial charge in [-0.25, -0.2) is 10.8 Å². The Kier molecular flexibility index (Phi) is 4.71. The van der Waals surface area contributed by atoms with E-state index in [-0.39, 0.29) is 0 Å². The van der Waals surface area contributed by atoms with Gasteiger partial charge in [-0.15, -0.1) is 0 Å². The molecule has 90 valence electrons. The predicted octanol–water partition coefficient (Wildman–Crippen LogP) is 1.84. The first-order chi connectivity index (χ1) is 7.54. The lowest BCUT2D eigenvalue weighted by atomic mass is 10.1. The summed E-state index contributed by atoms with van der Waals surface area (Å²) in [6, 6.07) is 6.38. The first-order valence-electron chi connectivity index (χ1n) is 5.67. The Morgan fingerprint density at radius 2 is 2.06 bits per heavy atom. The van der Waals surface area contributed by atoms with E-state index in [1.165, 1.54) is 0 Å². The number of nitrogens with zero attached hydrogens (tertiary/aromatic N) is 2. The monoisotopic (exact) mass is 222 g/mol. The fourth-order valence-electron chi connectivity index (χ4n) is 1.56. The number of rotatable bonds is 5. The standard InChI is InChI=1S/C12H22N4/c1-9(2)10(3)16(4)8-11-6-5-7-12(14-11)15-13/h5-7,9-10H,8,13H2,1-4H3,(H,14,15). The second-order valence-corrected chi connectivity index (χ2v) is 4.56. The molecule has 1 atom stereocenters. The maximum atomic E-state index is 5.33. The first kappa shape index (κ1) is 12.9. The molecule has 0 saturated carbocycles. The van der Waals surface area contributed by atoms with Gasteiger partial charge in [-0.1, -0.05) is 19.9 Å².